The predicted octanol–water partition coefficient (Wildman–Crippen LogP) is 5.54. The molecule has 15 atom stereocenters. The van der Waals surface area contributed by atoms with Crippen LogP contribution in [-0.4, -0.2) is 143 Å². The van der Waals surface area contributed by atoms with Crippen LogP contribution in [0.3, 0.4) is 0 Å². The highest BCUT2D eigenvalue weighted by Gasteiger charge is 2.53. The van der Waals surface area contributed by atoms with Crippen molar-refractivity contribution in [3.63, 3.8) is 0 Å². The summed E-state index contributed by atoms with van der Waals surface area (Å²) in [6.07, 6.45) is 10.4. The van der Waals surface area contributed by atoms with Crippen molar-refractivity contribution in [1.29, 1.82) is 0 Å². The SMILES string of the molecule is CO[C@@H]1C[C@H](CC(C)[C@@H]2CC(=O)[C@H](C)/C=C(\C)[C@@H](O)[C@@H](OC)C(=O)[C@H](C)C[C@H](C)/C=C/C=C/C=C(\C)C(OCCO)C[C@@H]3CC[C@@H](C)[C@@](O)(O3)C(=O)C(=O)N3CCCC[C@H]3C(=O)O2)CC[C@H]1O. The number of methoxy groups -OCH3 is 2. The Morgan fingerprint density at radius 1 is 0.881 bits per heavy atom. The highest BCUT2D eigenvalue weighted by molar-refractivity contribution is 6.39. The van der Waals surface area contributed by atoms with Crippen LogP contribution in [0.25, 0.3) is 0 Å². The lowest BCUT2D eigenvalue weighted by molar-refractivity contribution is -0.266. The third kappa shape index (κ3) is 15.3. The fourth-order valence-corrected chi connectivity index (χ4v) is 10.2. The Kier molecular flexibility index (Phi) is 22.3. The van der Waals surface area contributed by atoms with Gasteiger partial charge in [0.25, 0.3) is 11.7 Å². The number of hydrogen-bond acceptors (Lipinski definition) is 14. The summed E-state index contributed by atoms with van der Waals surface area (Å²) in [5.74, 6) is -8.25. The van der Waals surface area contributed by atoms with Crippen LogP contribution in [-0.2, 0) is 47.7 Å². The molecule has 378 valence electrons. The molecule has 1 amide bonds. The highest BCUT2D eigenvalue weighted by atomic mass is 16.6. The summed E-state index contributed by atoms with van der Waals surface area (Å²) in [4.78, 5) is 72.0. The molecule has 0 radical (unpaired) electrons. The van der Waals surface area contributed by atoms with Crippen LogP contribution in [0, 0.1) is 35.5 Å². The van der Waals surface area contributed by atoms with Crippen molar-refractivity contribution in [1.82, 2.24) is 4.90 Å². The molecular formula is C52H81NO14. The van der Waals surface area contributed by atoms with Gasteiger partial charge in [0.05, 0.1) is 37.6 Å². The summed E-state index contributed by atoms with van der Waals surface area (Å²) in [5, 5.41) is 43.5. The molecule has 0 aromatic carbocycles. The van der Waals surface area contributed by atoms with E-state index < -0.39 is 83.9 Å². The number of carbonyl (C=O) groups excluding carboxylic acids is 5. The number of allylic oxidation sites excluding steroid dienone is 6. The van der Waals surface area contributed by atoms with Gasteiger partial charge in [0, 0.05) is 51.4 Å². The van der Waals surface area contributed by atoms with Gasteiger partial charge >= 0.3 is 5.97 Å². The predicted molar refractivity (Wildman–Crippen MR) is 251 cm³/mol. The monoisotopic (exact) mass is 944 g/mol. The Morgan fingerprint density at radius 2 is 1.61 bits per heavy atom. The van der Waals surface area contributed by atoms with Crippen LogP contribution in [0.2, 0.25) is 0 Å². The molecule has 2 saturated heterocycles. The summed E-state index contributed by atoms with van der Waals surface area (Å²) in [6.45, 7) is 12.4. The molecule has 1 aliphatic carbocycles. The Balaban J connectivity index is 1.72. The fraction of sp³-hybridized carbons (Fsp3) is 0.750. The van der Waals surface area contributed by atoms with E-state index in [1.165, 1.54) is 12.0 Å². The minimum atomic E-state index is -2.48. The smallest absolute Gasteiger partial charge is 0.329 e. The molecule has 1 saturated carbocycles. The van der Waals surface area contributed by atoms with E-state index in [1.807, 2.05) is 51.2 Å². The molecule has 0 spiro atoms. The first-order valence-corrected chi connectivity index (χ1v) is 24.6. The van der Waals surface area contributed by atoms with Crippen LogP contribution in [0.4, 0.5) is 0 Å². The second-order valence-corrected chi connectivity index (χ2v) is 19.9. The molecule has 67 heavy (non-hydrogen) atoms. The Morgan fingerprint density at radius 3 is 2.30 bits per heavy atom. The summed E-state index contributed by atoms with van der Waals surface area (Å²) in [5.41, 5.74) is 1.17. The number of aliphatic hydroxyl groups is 4. The Hall–Kier alpha value is -3.41. The molecule has 3 heterocycles. The second-order valence-electron chi connectivity index (χ2n) is 19.9. The standard InChI is InChI=1S/C52H81NO14/c1-31-15-11-10-12-16-32(2)43(65-24-23-54)29-39-20-18-37(7)52(62,67-39)49(59)50(60)53-22-14-13-17-40(53)51(61)66-44(34(4)27-38-19-21-41(55)45(28-38)63-8)30-42(56)33(3)26-36(6)47(58)48(64-9)46(57)35(5)25-31/h10-12,15-16,26,31,33-35,37-41,43-45,47-48,54-55,58,62H,13-14,17-25,27-30H2,1-9H3/b12-10+,15-11+,32-16+,36-26+/t31-,33-,34?,35-,37-,38+,39+,40+,41-,43?,44+,45-,47-,48+,52-/m1/s1. The fourth-order valence-electron chi connectivity index (χ4n) is 10.2. The average Bonchev–Trinajstić information content (AvgIpc) is 3.30. The highest BCUT2D eigenvalue weighted by Crippen LogP contribution is 2.38. The maximum atomic E-state index is 14.4. The van der Waals surface area contributed by atoms with Crippen molar-refractivity contribution < 1.29 is 68.1 Å². The van der Waals surface area contributed by atoms with Crippen molar-refractivity contribution in [2.24, 2.45) is 35.5 Å². The zero-order valence-corrected chi connectivity index (χ0v) is 41.5. The molecule has 4 rings (SSSR count). The first-order valence-electron chi connectivity index (χ1n) is 24.6. The summed E-state index contributed by atoms with van der Waals surface area (Å²) in [7, 11) is 2.93. The maximum absolute atomic E-state index is 14.4. The normalized spacial score (nSPS) is 39.6. The molecule has 3 fully saturated rings. The zero-order chi connectivity index (χ0) is 49.6. The number of aliphatic hydroxyl groups excluding tert-OH is 3. The van der Waals surface area contributed by atoms with Crippen molar-refractivity contribution in [3.8, 4) is 0 Å². The number of fused-ring (bicyclic) bond motifs is 3. The van der Waals surface area contributed by atoms with Gasteiger partial charge in [0.2, 0.25) is 5.79 Å². The molecule has 2 bridgehead atoms. The molecule has 2 unspecified atom stereocenters. The van der Waals surface area contributed by atoms with Gasteiger partial charge in [-0.25, -0.2) is 4.79 Å². The number of rotatable bonds is 8. The number of Topliss-reactive ketones (excluding diaryl/α,β-unsaturated/α-hetero) is 3. The van der Waals surface area contributed by atoms with Crippen LogP contribution in [0.5, 0.6) is 0 Å². The summed E-state index contributed by atoms with van der Waals surface area (Å²) < 4.78 is 29.6. The number of piperidine rings is 1. The third-order valence-corrected chi connectivity index (χ3v) is 14.6. The van der Waals surface area contributed by atoms with Crippen LogP contribution < -0.4 is 0 Å². The quantitative estimate of drug-likeness (QED) is 0.134. The average molecular weight is 944 g/mol. The lowest BCUT2D eigenvalue weighted by atomic mass is 9.78. The molecule has 15 nitrogen and oxygen atoms in total. The van der Waals surface area contributed by atoms with Gasteiger partial charge in [0.15, 0.2) is 5.78 Å². The van der Waals surface area contributed by atoms with Crippen LogP contribution >= 0.6 is 0 Å². The van der Waals surface area contributed by atoms with E-state index in [-0.39, 0.29) is 74.4 Å². The first kappa shape index (κ1) is 56.2. The topological polar surface area (TPSA) is 216 Å². The maximum Gasteiger partial charge on any atom is 0.329 e. The van der Waals surface area contributed by atoms with E-state index >= 15 is 0 Å². The minimum Gasteiger partial charge on any atom is -0.460 e. The number of ketones is 3. The zero-order valence-electron chi connectivity index (χ0n) is 41.5. The van der Waals surface area contributed by atoms with Crippen molar-refractivity contribution in [2.75, 3.05) is 34.0 Å². The van der Waals surface area contributed by atoms with Gasteiger partial charge in [-0.3, -0.25) is 19.2 Å². The molecule has 15 heteroatoms. The van der Waals surface area contributed by atoms with Gasteiger partial charge in [-0.05, 0) is 107 Å². The van der Waals surface area contributed by atoms with Crippen molar-refractivity contribution in [3.05, 3.63) is 47.6 Å². The largest absolute Gasteiger partial charge is 0.460 e. The van der Waals surface area contributed by atoms with E-state index in [2.05, 4.69) is 0 Å². The van der Waals surface area contributed by atoms with E-state index in [4.69, 9.17) is 23.7 Å². The molecule has 4 aliphatic rings. The summed E-state index contributed by atoms with van der Waals surface area (Å²) in [6, 6.07) is -1.16. The van der Waals surface area contributed by atoms with E-state index in [0.29, 0.717) is 63.4 Å². The van der Waals surface area contributed by atoms with Crippen LogP contribution in [0.1, 0.15) is 126 Å². The number of cyclic esters (lactones) is 1. The summed E-state index contributed by atoms with van der Waals surface area (Å²) >= 11 is 0. The van der Waals surface area contributed by atoms with Gasteiger partial charge in [-0.15, -0.1) is 0 Å². The molecule has 4 N–H and O–H groups in total. The lowest BCUT2D eigenvalue weighted by Crippen LogP contribution is -2.61. The lowest BCUT2D eigenvalue weighted by Gasteiger charge is -2.43. The number of esters is 1. The number of hydrogen-bond donors (Lipinski definition) is 4. The Labute approximate surface area is 398 Å². The molecular weight excluding hydrogens is 863 g/mol. The number of ether oxygens (including phenoxy) is 5. The third-order valence-electron chi connectivity index (χ3n) is 14.6. The van der Waals surface area contributed by atoms with Gasteiger partial charge in [0.1, 0.15) is 30.1 Å². The Bertz CT molecular complexity index is 1790. The number of nitrogens with zero attached hydrogens (tertiary/aromatic N) is 1. The van der Waals surface area contributed by atoms with E-state index in [0.717, 1.165) is 5.57 Å². The van der Waals surface area contributed by atoms with E-state index in [9.17, 15) is 44.4 Å². The molecule has 3 aliphatic heterocycles. The first-order chi connectivity index (χ1) is 31.7. The van der Waals surface area contributed by atoms with Crippen molar-refractivity contribution >= 4 is 29.2 Å². The molecule has 0 aromatic rings. The second kappa shape index (κ2) is 26.5. The minimum absolute atomic E-state index is 0.00947. The number of carbonyl (C=O) groups is 5. The van der Waals surface area contributed by atoms with Gasteiger partial charge < -0.3 is 49.0 Å². The van der Waals surface area contributed by atoms with Gasteiger partial charge in [-0.2, -0.15) is 0 Å². The van der Waals surface area contributed by atoms with E-state index in [1.54, 1.807) is 40.9 Å². The van der Waals surface area contributed by atoms with Crippen LogP contribution in [0.15, 0.2) is 47.6 Å². The van der Waals surface area contributed by atoms with Crippen molar-refractivity contribution in [2.45, 2.75) is 180 Å². The molecule has 0 aromatic heterocycles. The van der Waals surface area contributed by atoms with Gasteiger partial charge in [-0.1, -0.05) is 71.1 Å². The number of amides is 1.